The number of ketones is 1. The average molecular weight is 292 g/mol. The third kappa shape index (κ3) is 5.80. The molecule has 0 aliphatic rings. The molecule has 8 heteroatoms. The van der Waals surface area contributed by atoms with E-state index in [1.807, 2.05) is 0 Å². The first-order valence-corrected chi connectivity index (χ1v) is 7.71. The molecule has 0 bridgehead atoms. The second-order valence-corrected chi connectivity index (χ2v) is 6.49. The summed E-state index contributed by atoms with van der Waals surface area (Å²) >= 11 is 0. The molecule has 0 aliphatic heterocycles. The van der Waals surface area contributed by atoms with Crippen molar-refractivity contribution >= 4 is 42.7 Å². The summed E-state index contributed by atoms with van der Waals surface area (Å²) in [5.74, 6) is -2.52. The standard InChI is InChI=1S/C10H21O6P.Na.H/c1-7-8(13-2)9(11)10(14-3,15-4)16-17(5,6)12;;/h8H,7H2,1-6H3;;. The van der Waals surface area contributed by atoms with E-state index in [4.69, 9.17) is 18.7 Å². The Morgan fingerprint density at radius 2 is 1.67 bits per heavy atom. The average Bonchev–Trinajstić information content (AvgIpc) is 2.26. The zero-order valence-corrected chi connectivity index (χ0v) is 12.1. The topological polar surface area (TPSA) is 71.1 Å². The van der Waals surface area contributed by atoms with Crippen LogP contribution in [-0.4, -0.2) is 82.1 Å². The molecule has 18 heavy (non-hydrogen) atoms. The van der Waals surface area contributed by atoms with E-state index in [9.17, 15) is 9.36 Å². The van der Waals surface area contributed by atoms with Crippen LogP contribution in [0.2, 0.25) is 0 Å². The summed E-state index contributed by atoms with van der Waals surface area (Å²) in [4.78, 5) is 12.1. The fourth-order valence-corrected chi connectivity index (χ4v) is 2.17. The molecule has 0 fully saturated rings. The van der Waals surface area contributed by atoms with Gasteiger partial charge in [-0.2, -0.15) is 0 Å². The van der Waals surface area contributed by atoms with E-state index in [1.54, 1.807) is 6.92 Å². The number of ether oxygens (including phenoxy) is 3. The van der Waals surface area contributed by atoms with Crippen LogP contribution in [0.4, 0.5) is 0 Å². The minimum atomic E-state index is -2.96. The van der Waals surface area contributed by atoms with Crippen LogP contribution in [0.25, 0.3) is 0 Å². The maximum absolute atomic E-state index is 12.1. The maximum atomic E-state index is 12.1. The van der Waals surface area contributed by atoms with E-state index >= 15 is 0 Å². The molecule has 0 aromatic heterocycles. The van der Waals surface area contributed by atoms with Crippen LogP contribution < -0.4 is 0 Å². The number of hydrogen-bond donors (Lipinski definition) is 0. The van der Waals surface area contributed by atoms with Crippen LogP contribution in [0, 0.1) is 0 Å². The summed E-state index contributed by atoms with van der Waals surface area (Å²) in [6.45, 7) is 4.53. The van der Waals surface area contributed by atoms with Crippen molar-refractivity contribution in [1.82, 2.24) is 0 Å². The van der Waals surface area contributed by atoms with Crippen LogP contribution in [0.5, 0.6) is 0 Å². The number of rotatable bonds is 8. The van der Waals surface area contributed by atoms with Gasteiger partial charge in [-0.15, -0.1) is 0 Å². The number of methoxy groups -OCH3 is 3. The SMILES string of the molecule is CCC(OC)C(=O)C(OC)(OC)OP(C)(C)=O.[NaH]. The first-order chi connectivity index (χ1) is 7.76. The van der Waals surface area contributed by atoms with Gasteiger partial charge in [0.2, 0.25) is 7.37 Å². The Balaban J connectivity index is 0. The Labute approximate surface area is 130 Å². The van der Waals surface area contributed by atoms with Gasteiger partial charge in [-0.1, -0.05) is 6.92 Å². The third-order valence-corrected chi connectivity index (χ3v) is 2.81. The monoisotopic (exact) mass is 292 g/mol. The number of carbonyl (C=O) groups excluding carboxylic acids is 1. The van der Waals surface area contributed by atoms with Gasteiger partial charge in [-0.25, -0.2) is 0 Å². The minimum absolute atomic E-state index is 0. The molecule has 0 saturated carbocycles. The number of hydrogen-bond acceptors (Lipinski definition) is 6. The first-order valence-electron chi connectivity index (χ1n) is 5.19. The van der Waals surface area contributed by atoms with E-state index in [2.05, 4.69) is 0 Å². The Morgan fingerprint density at radius 3 is 1.89 bits per heavy atom. The molecule has 0 heterocycles. The summed E-state index contributed by atoms with van der Waals surface area (Å²) in [5.41, 5.74) is 0. The van der Waals surface area contributed by atoms with Crippen LogP contribution >= 0.6 is 7.37 Å². The Hall–Kier alpha value is 0.740. The van der Waals surface area contributed by atoms with Gasteiger partial charge in [0.15, 0.2) is 0 Å². The number of Topliss-reactive ketones (excluding diaryl/α,β-unsaturated/α-hetero) is 1. The summed E-state index contributed by atoms with van der Waals surface area (Å²) < 4.78 is 31.8. The van der Waals surface area contributed by atoms with E-state index in [-0.39, 0.29) is 29.6 Å². The molecule has 6 nitrogen and oxygen atoms in total. The van der Waals surface area contributed by atoms with E-state index in [1.165, 1.54) is 34.7 Å². The van der Waals surface area contributed by atoms with E-state index in [0.29, 0.717) is 6.42 Å². The summed E-state index contributed by atoms with van der Waals surface area (Å²) in [6.07, 6.45) is -0.299. The molecule has 0 saturated heterocycles. The van der Waals surface area contributed by atoms with Crippen LogP contribution in [0.15, 0.2) is 0 Å². The molecule has 0 aromatic carbocycles. The van der Waals surface area contributed by atoms with Gasteiger partial charge >= 0.3 is 35.5 Å². The molecule has 0 aliphatic carbocycles. The Morgan fingerprint density at radius 1 is 1.22 bits per heavy atom. The molecule has 0 spiro atoms. The second kappa shape index (κ2) is 8.82. The third-order valence-electron chi connectivity index (χ3n) is 2.13. The fraction of sp³-hybridized carbons (Fsp3) is 0.900. The predicted octanol–water partition coefficient (Wildman–Crippen LogP) is 0.833. The molecule has 104 valence electrons. The van der Waals surface area contributed by atoms with Gasteiger partial charge in [-0.05, 0) is 6.42 Å². The Bertz CT molecular complexity index is 295. The first kappa shape index (κ1) is 21.0. The van der Waals surface area contributed by atoms with Gasteiger partial charge in [0.1, 0.15) is 6.10 Å². The van der Waals surface area contributed by atoms with Crippen LogP contribution in [-0.2, 0) is 28.1 Å². The number of carbonyl (C=O) groups is 1. The van der Waals surface area contributed by atoms with Crippen molar-refractivity contribution in [1.29, 1.82) is 0 Å². The molecule has 0 amide bonds. The van der Waals surface area contributed by atoms with Crippen molar-refractivity contribution in [3.63, 3.8) is 0 Å². The summed E-state index contributed by atoms with van der Waals surface area (Å²) in [5, 5.41) is 0. The van der Waals surface area contributed by atoms with Gasteiger partial charge < -0.3 is 14.2 Å². The van der Waals surface area contributed by atoms with Gasteiger partial charge in [0.25, 0.3) is 5.78 Å². The molecule has 0 radical (unpaired) electrons. The van der Waals surface area contributed by atoms with Crippen molar-refractivity contribution in [2.75, 3.05) is 34.7 Å². The molecule has 0 aromatic rings. The molecular weight excluding hydrogens is 270 g/mol. The Kier molecular flexibility index (Phi) is 10.3. The molecular formula is C10H22NaO6P. The summed E-state index contributed by atoms with van der Waals surface area (Å²) in [6, 6.07) is 0. The molecule has 1 unspecified atom stereocenters. The van der Waals surface area contributed by atoms with E-state index < -0.39 is 25.2 Å². The van der Waals surface area contributed by atoms with Crippen LogP contribution in [0.1, 0.15) is 13.3 Å². The zero-order valence-electron chi connectivity index (χ0n) is 11.2. The van der Waals surface area contributed by atoms with E-state index in [0.717, 1.165) is 0 Å². The van der Waals surface area contributed by atoms with Gasteiger partial charge in [0, 0.05) is 34.7 Å². The molecule has 0 N–H and O–H groups in total. The molecule has 0 rings (SSSR count). The quantitative estimate of drug-likeness (QED) is 0.375. The summed E-state index contributed by atoms with van der Waals surface area (Å²) in [7, 11) is 0.940. The normalized spacial score (nSPS) is 13.9. The molecule has 1 atom stereocenters. The van der Waals surface area contributed by atoms with Crippen molar-refractivity contribution in [2.45, 2.75) is 25.4 Å². The van der Waals surface area contributed by atoms with Gasteiger partial charge in [-0.3, -0.25) is 13.9 Å². The van der Waals surface area contributed by atoms with Gasteiger partial charge in [0.05, 0.1) is 0 Å². The van der Waals surface area contributed by atoms with Crippen molar-refractivity contribution in [3.8, 4) is 0 Å². The van der Waals surface area contributed by atoms with Crippen molar-refractivity contribution in [3.05, 3.63) is 0 Å². The van der Waals surface area contributed by atoms with Crippen molar-refractivity contribution in [2.24, 2.45) is 0 Å². The zero-order chi connectivity index (χ0) is 13.7. The van der Waals surface area contributed by atoms with Crippen molar-refractivity contribution < 1.29 is 28.1 Å². The fourth-order valence-electron chi connectivity index (χ4n) is 1.35. The predicted molar refractivity (Wildman–Crippen MR) is 70.5 cm³/mol. The second-order valence-electron chi connectivity index (χ2n) is 3.80. The van der Waals surface area contributed by atoms with Crippen LogP contribution in [0.3, 0.4) is 0 Å².